The summed E-state index contributed by atoms with van der Waals surface area (Å²) < 4.78 is 14.5. The molecule has 3 heterocycles. The van der Waals surface area contributed by atoms with Crippen LogP contribution in [0.3, 0.4) is 0 Å². The number of aliphatic hydroxyl groups is 1. The number of benzene rings is 2. The summed E-state index contributed by atoms with van der Waals surface area (Å²) in [6, 6.07) is 11.6. The van der Waals surface area contributed by atoms with Crippen molar-refractivity contribution in [3.63, 3.8) is 0 Å². The number of rotatable bonds is 3. The number of hydrogen-bond acceptors (Lipinski definition) is 6. The number of hydrogen-bond donors (Lipinski definition) is 1. The predicted octanol–water partition coefficient (Wildman–Crippen LogP) is 5.07. The first-order valence-corrected chi connectivity index (χ1v) is 11.0. The van der Waals surface area contributed by atoms with Crippen molar-refractivity contribution in [3.05, 3.63) is 94.6 Å². The van der Waals surface area contributed by atoms with Gasteiger partial charge in [-0.25, -0.2) is 9.37 Å². The van der Waals surface area contributed by atoms with Crippen LogP contribution in [0.15, 0.2) is 66.5 Å². The number of nitrogens with zero attached hydrogens (tertiary/aromatic N) is 3. The third kappa shape index (κ3) is 3.48. The van der Waals surface area contributed by atoms with Gasteiger partial charge in [0.05, 0.1) is 21.8 Å². The van der Waals surface area contributed by atoms with E-state index in [0.717, 1.165) is 21.3 Å². The van der Waals surface area contributed by atoms with Crippen molar-refractivity contribution < 1.29 is 19.1 Å². The van der Waals surface area contributed by atoms with Gasteiger partial charge in [-0.2, -0.15) is 0 Å². The van der Waals surface area contributed by atoms with E-state index in [1.807, 2.05) is 26.0 Å². The Morgan fingerprint density at radius 3 is 2.45 bits per heavy atom. The molecular formula is C25H18FN3O3S. The van der Waals surface area contributed by atoms with Crippen LogP contribution in [0, 0.1) is 19.7 Å². The molecule has 1 aliphatic heterocycles. The Balaban J connectivity index is 1.75. The molecule has 0 aliphatic carbocycles. The zero-order valence-corrected chi connectivity index (χ0v) is 18.6. The van der Waals surface area contributed by atoms with Crippen LogP contribution in [-0.4, -0.2) is 26.8 Å². The first-order valence-electron chi connectivity index (χ1n) is 10.2. The van der Waals surface area contributed by atoms with Crippen LogP contribution in [-0.2, 0) is 9.59 Å². The normalized spacial score (nSPS) is 17.8. The maximum absolute atomic E-state index is 13.7. The molecule has 0 bridgehead atoms. The molecule has 1 atom stereocenters. The van der Waals surface area contributed by atoms with Crippen LogP contribution >= 0.6 is 11.3 Å². The Morgan fingerprint density at radius 2 is 1.76 bits per heavy atom. The van der Waals surface area contributed by atoms with Crippen LogP contribution in [0.4, 0.5) is 9.52 Å². The smallest absolute Gasteiger partial charge is 0.301 e. The number of aryl methyl sites for hydroxylation is 2. The highest BCUT2D eigenvalue weighted by molar-refractivity contribution is 7.22. The van der Waals surface area contributed by atoms with Gasteiger partial charge in [-0.3, -0.25) is 19.5 Å². The number of carbonyl (C=O) groups is 2. The van der Waals surface area contributed by atoms with Crippen molar-refractivity contribution >= 4 is 44.1 Å². The Kier molecular flexibility index (Phi) is 5.02. The molecule has 0 unspecified atom stereocenters. The summed E-state index contributed by atoms with van der Waals surface area (Å²) in [6.45, 7) is 3.92. The van der Waals surface area contributed by atoms with Crippen molar-refractivity contribution in [2.75, 3.05) is 4.90 Å². The van der Waals surface area contributed by atoms with E-state index in [0.29, 0.717) is 16.3 Å². The molecule has 1 saturated heterocycles. The van der Waals surface area contributed by atoms with Gasteiger partial charge in [-0.15, -0.1) is 0 Å². The second kappa shape index (κ2) is 7.90. The van der Waals surface area contributed by atoms with Gasteiger partial charge in [0.15, 0.2) is 5.13 Å². The molecule has 0 radical (unpaired) electrons. The SMILES string of the molecule is Cc1cc(C)c2nc(N3C(=O)C(=O)C(=C(O)c4ccncc4)[C@@H]3c3ccc(F)cc3)sc2c1. The average Bonchev–Trinajstić information content (AvgIpc) is 3.33. The molecule has 1 amide bonds. The lowest BCUT2D eigenvalue weighted by Crippen LogP contribution is -2.29. The van der Waals surface area contributed by atoms with Crippen molar-refractivity contribution in [2.24, 2.45) is 0 Å². The van der Waals surface area contributed by atoms with E-state index in [9.17, 15) is 19.1 Å². The van der Waals surface area contributed by atoms with Crippen LogP contribution < -0.4 is 4.90 Å². The van der Waals surface area contributed by atoms with Crippen LogP contribution in [0.1, 0.15) is 28.3 Å². The zero-order chi connectivity index (χ0) is 23.3. The molecule has 5 rings (SSSR count). The fraction of sp³-hybridized carbons (Fsp3) is 0.120. The van der Waals surface area contributed by atoms with Gasteiger partial charge in [0.25, 0.3) is 5.78 Å². The zero-order valence-electron chi connectivity index (χ0n) is 17.7. The van der Waals surface area contributed by atoms with Gasteiger partial charge < -0.3 is 5.11 Å². The molecule has 2 aromatic heterocycles. The maximum atomic E-state index is 13.7. The number of anilines is 1. The molecule has 33 heavy (non-hydrogen) atoms. The Hall–Kier alpha value is -3.91. The molecule has 0 saturated carbocycles. The summed E-state index contributed by atoms with van der Waals surface area (Å²) in [5.74, 6) is -2.39. The van der Waals surface area contributed by atoms with E-state index in [1.54, 1.807) is 12.1 Å². The van der Waals surface area contributed by atoms with Crippen LogP contribution in [0.5, 0.6) is 0 Å². The summed E-state index contributed by atoms with van der Waals surface area (Å²) in [5, 5.41) is 11.4. The second-order valence-corrected chi connectivity index (χ2v) is 8.89. The van der Waals surface area contributed by atoms with Gasteiger partial charge in [0, 0.05) is 18.0 Å². The summed E-state index contributed by atoms with van der Waals surface area (Å²) in [5.41, 5.74) is 3.52. The Morgan fingerprint density at radius 1 is 1.06 bits per heavy atom. The Bertz CT molecular complexity index is 1450. The molecule has 6 nitrogen and oxygen atoms in total. The summed E-state index contributed by atoms with van der Waals surface area (Å²) in [6.07, 6.45) is 2.97. The summed E-state index contributed by atoms with van der Waals surface area (Å²) >= 11 is 1.29. The number of halogens is 1. The van der Waals surface area contributed by atoms with E-state index in [4.69, 9.17) is 0 Å². The lowest BCUT2D eigenvalue weighted by Gasteiger charge is -2.23. The number of amides is 1. The second-order valence-electron chi connectivity index (χ2n) is 7.88. The number of aliphatic hydroxyl groups excluding tert-OH is 1. The highest BCUT2D eigenvalue weighted by atomic mass is 32.1. The van der Waals surface area contributed by atoms with E-state index in [-0.39, 0.29) is 11.3 Å². The number of thiazole rings is 1. The summed E-state index contributed by atoms with van der Waals surface area (Å²) in [7, 11) is 0. The number of fused-ring (bicyclic) bond motifs is 1. The minimum absolute atomic E-state index is 0.0787. The van der Waals surface area contributed by atoms with Gasteiger partial charge in [0.2, 0.25) is 0 Å². The largest absolute Gasteiger partial charge is 0.507 e. The molecule has 0 spiro atoms. The first kappa shape index (κ1) is 21.0. The topological polar surface area (TPSA) is 83.4 Å². The number of pyridine rings is 1. The van der Waals surface area contributed by atoms with Crippen molar-refractivity contribution in [2.45, 2.75) is 19.9 Å². The molecule has 1 aliphatic rings. The van der Waals surface area contributed by atoms with Gasteiger partial charge in [0.1, 0.15) is 11.6 Å². The monoisotopic (exact) mass is 459 g/mol. The molecule has 1 fully saturated rings. The van der Waals surface area contributed by atoms with Crippen LogP contribution in [0.25, 0.3) is 16.0 Å². The summed E-state index contributed by atoms with van der Waals surface area (Å²) in [4.78, 5) is 36.3. The van der Waals surface area contributed by atoms with Crippen molar-refractivity contribution in [3.8, 4) is 0 Å². The minimum Gasteiger partial charge on any atom is -0.507 e. The highest BCUT2D eigenvalue weighted by Crippen LogP contribution is 2.44. The number of aromatic nitrogens is 2. The minimum atomic E-state index is -0.958. The van der Waals surface area contributed by atoms with Gasteiger partial charge in [-0.1, -0.05) is 29.5 Å². The molecule has 8 heteroatoms. The molecule has 4 aromatic rings. The van der Waals surface area contributed by atoms with Crippen LogP contribution in [0.2, 0.25) is 0 Å². The molecule has 2 aromatic carbocycles. The quantitative estimate of drug-likeness (QED) is 0.263. The first-order chi connectivity index (χ1) is 15.8. The van der Waals surface area contributed by atoms with E-state index >= 15 is 0 Å². The fourth-order valence-electron chi connectivity index (χ4n) is 4.12. The standard InChI is InChI=1S/C25H18FN3O3S/c1-13-11-14(2)20-18(12-13)33-25(28-20)29-21(15-3-5-17(26)6-4-15)19(23(31)24(29)32)22(30)16-7-9-27-10-8-16/h3-12,21,30H,1-2H3/t21-/m0/s1. The van der Waals surface area contributed by atoms with E-state index in [1.165, 1.54) is 52.9 Å². The predicted molar refractivity (Wildman–Crippen MR) is 125 cm³/mol. The lowest BCUT2D eigenvalue weighted by molar-refractivity contribution is -0.132. The lowest BCUT2D eigenvalue weighted by atomic mass is 9.95. The van der Waals surface area contributed by atoms with Gasteiger partial charge in [-0.05, 0) is 60.9 Å². The van der Waals surface area contributed by atoms with Gasteiger partial charge >= 0.3 is 5.91 Å². The molecule has 1 N–H and O–H groups in total. The third-order valence-electron chi connectivity index (χ3n) is 5.61. The van der Waals surface area contributed by atoms with E-state index < -0.39 is 23.5 Å². The van der Waals surface area contributed by atoms with Crippen molar-refractivity contribution in [1.82, 2.24) is 9.97 Å². The Labute approximate surface area is 192 Å². The number of Topliss-reactive ketones (excluding diaryl/α,β-unsaturated/α-hetero) is 1. The number of ketones is 1. The fourth-order valence-corrected chi connectivity index (χ4v) is 5.29. The third-order valence-corrected chi connectivity index (χ3v) is 6.61. The average molecular weight is 460 g/mol. The van der Waals surface area contributed by atoms with Crippen molar-refractivity contribution in [1.29, 1.82) is 0 Å². The molecular weight excluding hydrogens is 441 g/mol. The highest BCUT2D eigenvalue weighted by Gasteiger charge is 2.48. The van der Waals surface area contributed by atoms with E-state index in [2.05, 4.69) is 9.97 Å². The maximum Gasteiger partial charge on any atom is 0.301 e. The number of carbonyl (C=O) groups excluding carboxylic acids is 2. The molecule has 164 valence electrons.